The molecule has 0 spiro atoms. The zero-order valence-electron chi connectivity index (χ0n) is 11.3. The molecule has 1 heterocycles. The van der Waals surface area contributed by atoms with Crippen molar-refractivity contribution in [3.63, 3.8) is 0 Å². The van der Waals surface area contributed by atoms with Crippen LogP contribution >= 0.6 is 11.3 Å². The molecule has 2 N–H and O–H groups in total. The van der Waals surface area contributed by atoms with Crippen LogP contribution in [0.5, 0.6) is 0 Å². The van der Waals surface area contributed by atoms with Crippen molar-refractivity contribution in [1.29, 1.82) is 0 Å². The van der Waals surface area contributed by atoms with E-state index in [9.17, 15) is 4.79 Å². The molecule has 0 unspecified atom stereocenters. The lowest BCUT2D eigenvalue weighted by atomic mass is 10.2. The summed E-state index contributed by atoms with van der Waals surface area (Å²) in [7, 11) is 0. The standard InChI is InChI=1S/C15H22N2OS/c18-15(17-12-5-1-2-6-12)10-16-9-13-8-11-4-3-7-14(11)19-13/h8,12,16H,1-7,9-10H2,(H,17,18). The first-order valence-electron chi connectivity index (χ1n) is 7.42. The topological polar surface area (TPSA) is 41.1 Å². The number of thiophene rings is 1. The molecule has 4 heteroatoms. The zero-order chi connectivity index (χ0) is 13.1. The number of nitrogens with one attached hydrogen (secondary N) is 2. The van der Waals surface area contributed by atoms with E-state index >= 15 is 0 Å². The Bertz CT molecular complexity index is 427. The van der Waals surface area contributed by atoms with Crippen molar-refractivity contribution < 1.29 is 4.79 Å². The Labute approximate surface area is 118 Å². The fourth-order valence-electron chi connectivity index (χ4n) is 3.13. The minimum Gasteiger partial charge on any atom is -0.352 e. The van der Waals surface area contributed by atoms with Crippen LogP contribution < -0.4 is 10.6 Å². The van der Waals surface area contributed by atoms with Crippen LogP contribution in [0.4, 0.5) is 0 Å². The summed E-state index contributed by atoms with van der Waals surface area (Å²) in [6.45, 7) is 1.27. The van der Waals surface area contributed by atoms with Crippen LogP contribution in [0.1, 0.15) is 47.4 Å². The van der Waals surface area contributed by atoms with Gasteiger partial charge in [-0.15, -0.1) is 11.3 Å². The molecule has 2 aliphatic rings. The highest BCUT2D eigenvalue weighted by atomic mass is 32.1. The largest absolute Gasteiger partial charge is 0.352 e. The van der Waals surface area contributed by atoms with Gasteiger partial charge in [-0.25, -0.2) is 0 Å². The van der Waals surface area contributed by atoms with Gasteiger partial charge in [0.25, 0.3) is 0 Å². The molecule has 19 heavy (non-hydrogen) atoms. The second-order valence-corrected chi connectivity index (χ2v) is 6.89. The molecule has 1 fully saturated rings. The average Bonchev–Trinajstić information content (AvgIpc) is 3.04. The highest BCUT2D eigenvalue weighted by Gasteiger charge is 2.17. The maximum atomic E-state index is 11.8. The van der Waals surface area contributed by atoms with Gasteiger partial charge >= 0.3 is 0 Å². The van der Waals surface area contributed by atoms with Gasteiger partial charge in [0.2, 0.25) is 5.91 Å². The van der Waals surface area contributed by atoms with Crippen LogP contribution in [0.15, 0.2) is 6.07 Å². The van der Waals surface area contributed by atoms with Gasteiger partial charge in [0.15, 0.2) is 0 Å². The van der Waals surface area contributed by atoms with Crippen LogP contribution in [-0.2, 0) is 24.2 Å². The minimum absolute atomic E-state index is 0.149. The molecule has 0 radical (unpaired) electrons. The third-order valence-electron chi connectivity index (χ3n) is 4.10. The smallest absolute Gasteiger partial charge is 0.234 e. The molecule has 0 aliphatic heterocycles. The third kappa shape index (κ3) is 3.37. The van der Waals surface area contributed by atoms with Crippen molar-refractivity contribution in [2.75, 3.05) is 6.54 Å². The van der Waals surface area contributed by atoms with E-state index in [4.69, 9.17) is 0 Å². The Morgan fingerprint density at radius 2 is 2.11 bits per heavy atom. The molecule has 0 saturated heterocycles. The summed E-state index contributed by atoms with van der Waals surface area (Å²) in [6, 6.07) is 2.74. The quantitative estimate of drug-likeness (QED) is 0.868. The zero-order valence-corrected chi connectivity index (χ0v) is 12.2. The monoisotopic (exact) mass is 278 g/mol. The lowest BCUT2D eigenvalue weighted by Gasteiger charge is -2.11. The first-order chi connectivity index (χ1) is 9.31. The second kappa shape index (κ2) is 6.06. The van der Waals surface area contributed by atoms with E-state index in [1.807, 2.05) is 11.3 Å². The lowest BCUT2D eigenvalue weighted by molar-refractivity contribution is -0.120. The highest BCUT2D eigenvalue weighted by molar-refractivity contribution is 7.12. The van der Waals surface area contributed by atoms with Crippen LogP contribution in [0.2, 0.25) is 0 Å². The Kier molecular flexibility index (Phi) is 4.18. The molecule has 2 aliphatic carbocycles. The van der Waals surface area contributed by atoms with Gasteiger partial charge in [0, 0.05) is 22.3 Å². The van der Waals surface area contributed by atoms with Crippen molar-refractivity contribution in [2.24, 2.45) is 0 Å². The Morgan fingerprint density at radius 3 is 2.89 bits per heavy atom. The van der Waals surface area contributed by atoms with E-state index in [1.165, 1.54) is 42.5 Å². The number of aryl methyl sites for hydroxylation is 2. The van der Waals surface area contributed by atoms with Crippen molar-refractivity contribution in [1.82, 2.24) is 10.6 Å². The molecular formula is C15H22N2OS. The predicted octanol–water partition coefficient (Wildman–Crippen LogP) is 2.39. The lowest BCUT2D eigenvalue weighted by Crippen LogP contribution is -2.38. The van der Waals surface area contributed by atoms with E-state index in [-0.39, 0.29) is 5.91 Å². The fraction of sp³-hybridized carbons (Fsp3) is 0.667. The van der Waals surface area contributed by atoms with Gasteiger partial charge in [0.1, 0.15) is 0 Å². The number of rotatable bonds is 5. The summed E-state index contributed by atoms with van der Waals surface area (Å²) >= 11 is 1.91. The Balaban J connectivity index is 1.38. The summed E-state index contributed by atoms with van der Waals surface area (Å²) < 4.78 is 0. The number of hydrogen-bond donors (Lipinski definition) is 2. The van der Waals surface area contributed by atoms with Gasteiger partial charge in [-0.2, -0.15) is 0 Å². The van der Waals surface area contributed by atoms with Crippen LogP contribution in [0.3, 0.4) is 0 Å². The normalized spacial score (nSPS) is 18.7. The molecule has 1 aromatic heterocycles. The summed E-state index contributed by atoms with van der Waals surface area (Å²) in [6.07, 6.45) is 8.65. The van der Waals surface area contributed by atoms with E-state index in [2.05, 4.69) is 16.7 Å². The molecule has 0 atom stereocenters. The summed E-state index contributed by atoms with van der Waals surface area (Å²) in [4.78, 5) is 14.7. The van der Waals surface area contributed by atoms with Crippen molar-refractivity contribution in [2.45, 2.75) is 57.5 Å². The number of hydrogen-bond acceptors (Lipinski definition) is 3. The van der Waals surface area contributed by atoms with E-state index < -0.39 is 0 Å². The molecule has 104 valence electrons. The molecule has 1 amide bonds. The minimum atomic E-state index is 0.149. The van der Waals surface area contributed by atoms with Gasteiger partial charge < -0.3 is 10.6 Å². The van der Waals surface area contributed by atoms with Gasteiger partial charge in [-0.05, 0) is 43.7 Å². The summed E-state index contributed by atoms with van der Waals surface area (Å²) in [5, 5.41) is 6.37. The highest BCUT2D eigenvalue weighted by Crippen LogP contribution is 2.30. The second-order valence-electron chi connectivity index (χ2n) is 5.67. The maximum Gasteiger partial charge on any atom is 0.234 e. The average molecular weight is 278 g/mol. The fourth-order valence-corrected chi connectivity index (χ4v) is 4.36. The number of carbonyl (C=O) groups excluding carboxylic acids is 1. The third-order valence-corrected chi connectivity index (χ3v) is 5.34. The number of fused-ring (bicyclic) bond motifs is 1. The van der Waals surface area contributed by atoms with Gasteiger partial charge in [-0.1, -0.05) is 12.8 Å². The van der Waals surface area contributed by atoms with Crippen molar-refractivity contribution in [3.8, 4) is 0 Å². The first kappa shape index (κ1) is 13.1. The van der Waals surface area contributed by atoms with Crippen molar-refractivity contribution >= 4 is 17.2 Å². The molecule has 0 aromatic carbocycles. The number of carbonyl (C=O) groups is 1. The molecule has 1 aromatic rings. The maximum absolute atomic E-state index is 11.8. The molecule has 0 bridgehead atoms. The Morgan fingerprint density at radius 1 is 1.26 bits per heavy atom. The predicted molar refractivity (Wildman–Crippen MR) is 78.4 cm³/mol. The SMILES string of the molecule is O=C(CNCc1cc2c(s1)CCC2)NC1CCCC1. The summed E-state index contributed by atoms with van der Waals surface area (Å²) in [5.41, 5.74) is 1.54. The number of amides is 1. The molecule has 1 saturated carbocycles. The van der Waals surface area contributed by atoms with E-state index in [1.54, 1.807) is 4.88 Å². The van der Waals surface area contributed by atoms with Crippen molar-refractivity contribution in [3.05, 3.63) is 21.4 Å². The Hall–Kier alpha value is -0.870. The molecule has 3 rings (SSSR count). The van der Waals surface area contributed by atoms with Crippen LogP contribution in [0, 0.1) is 0 Å². The van der Waals surface area contributed by atoms with E-state index in [0.29, 0.717) is 12.6 Å². The molecular weight excluding hydrogens is 256 g/mol. The van der Waals surface area contributed by atoms with Gasteiger partial charge in [-0.3, -0.25) is 4.79 Å². The van der Waals surface area contributed by atoms with Gasteiger partial charge in [0.05, 0.1) is 6.54 Å². The summed E-state index contributed by atoms with van der Waals surface area (Å²) in [5.74, 6) is 0.149. The van der Waals surface area contributed by atoms with Crippen LogP contribution in [-0.4, -0.2) is 18.5 Å². The van der Waals surface area contributed by atoms with Crippen LogP contribution in [0.25, 0.3) is 0 Å². The molecule has 3 nitrogen and oxygen atoms in total. The van der Waals surface area contributed by atoms with E-state index in [0.717, 1.165) is 19.4 Å². The first-order valence-corrected chi connectivity index (χ1v) is 8.23.